The van der Waals surface area contributed by atoms with E-state index in [-0.39, 0.29) is 24.2 Å². The van der Waals surface area contributed by atoms with Crippen LogP contribution < -0.4 is 11.0 Å². The summed E-state index contributed by atoms with van der Waals surface area (Å²) in [6, 6.07) is 9.92. The van der Waals surface area contributed by atoms with Crippen molar-refractivity contribution in [2.75, 3.05) is 32.6 Å². The second-order valence-electron chi connectivity index (χ2n) is 9.37. The third-order valence-corrected chi connectivity index (χ3v) is 8.94. The van der Waals surface area contributed by atoms with E-state index in [2.05, 4.69) is 9.88 Å². The smallest absolute Gasteiger partial charge is 0.264 e. The lowest BCUT2D eigenvalue weighted by Crippen LogP contribution is -2.50. The predicted octanol–water partition coefficient (Wildman–Crippen LogP) is 1.73. The molecule has 3 aromatic rings. The zero-order chi connectivity index (χ0) is 26.8. The van der Waals surface area contributed by atoms with Crippen molar-refractivity contribution in [3.8, 4) is 11.1 Å². The SMILES string of the molecule is C[C@](CCn1cnc2cc(-c3ccc(CN4CCOCC4)cc3F)ccc2c1=O)(C(=O)NO)S(C)(=O)=O. The molecule has 1 aromatic heterocycles. The molecular weight excluding hydrogens is 503 g/mol. The highest BCUT2D eigenvalue weighted by Gasteiger charge is 2.43. The molecule has 1 aliphatic heterocycles. The van der Waals surface area contributed by atoms with Crippen LogP contribution in [0.4, 0.5) is 4.39 Å². The fraction of sp³-hybridized carbons (Fsp3) is 0.400. The summed E-state index contributed by atoms with van der Waals surface area (Å²) in [7, 11) is -3.90. The molecule has 2 N–H and O–H groups in total. The van der Waals surface area contributed by atoms with Crippen LogP contribution in [-0.2, 0) is 32.5 Å². The van der Waals surface area contributed by atoms with Gasteiger partial charge in [0.2, 0.25) is 0 Å². The molecule has 2 heterocycles. The summed E-state index contributed by atoms with van der Waals surface area (Å²) < 4.78 is 44.0. The van der Waals surface area contributed by atoms with E-state index < -0.39 is 26.1 Å². The molecule has 2 aromatic carbocycles. The maximum atomic E-state index is 15.0. The topological polar surface area (TPSA) is 131 Å². The number of aromatic nitrogens is 2. The van der Waals surface area contributed by atoms with Crippen LogP contribution in [0.3, 0.4) is 0 Å². The van der Waals surface area contributed by atoms with Crippen LogP contribution in [-0.4, -0.2) is 71.3 Å². The van der Waals surface area contributed by atoms with Crippen LogP contribution in [0.15, 0.2) is 47.5 Å². The minimum Gasteiger partial charge on any atom is -0.379 e. The number of nitrogens with zero attached hydrogens (tertiary/aromatic N) is 3. The summed E-state index contributed by atoms with van der Waals surface area (Å²) >= 11 is 0. The van der Waals surface area contributed by atoms with Gasteiger partial charge in [-0.1, -0.05) is 18.2 Å². The number of fused-ring (bicyclic) bond motifs is 1. The highest BCUT2D eigenvalue weighted by molar-refractivity contribution is 7.92. The Bertz CT molecular complexity index is 1490. The summed E-state index contributed by atoms with van der Waals surface area (Å²) in [5, 5.41) is 9.24. The number of sulfone groups is 1. The van der Waals surface area contributed by atoms with Crippen molar-refractivity contribution in [3.63, 3.8) is 0 Å². The highest BCUT2D eigenvalue weighted by atomic mass is 32.2. The summed E-state index contributed by atoms with van der Waals surface area (Å²) in [5.74, 6) is -1.46. The Morgan fingerprint density at radius 2 is 1.95 bits per heavy atom. The zero-order valence-corrected chi connectivity index (χ0v) is 21.4. The van der Waals surface area contributed by atoms with E-state index in [0.29, 0.717) is 36.4 Å². The van der Waals surface area contributed by atoms with Gasteiger partial charge in [-0.05, 0) is 42.7 Å². The van der Waals surface area contributed by atoms with E-state index in [0.717, 1.165) is 24.9 Å². The molecule has 1 fully saturated rings. The molecule has 1 amide bonds. The Morgan fingerprint density at radius 1 is 1.22 bits per heavy atom. The van der Waals surface area contributed by atoms with Crippen molar-refractivity contribution < 1.29 is 27.5 Å². The highest BCUT2D eigenvalue weighted by Crippen LogP contribution is 2.27. The number of hydroxylamine groups is 1. The minimum atomic E-state index is -3.90. The van der Waals surface area contributed by atoms with Crippen molar-refractivity contribution in [3.05, 3.63) is 64.5 Å². The van der Waals surface area contributed by atoms with E-state index in [1.807, 2.05) is 6.07 Å². The summed E-state index contributed by atoms with van der Waals surface area (Å²) in [5.41, 5.74) is 3.12. The van der Waals surface area contributed by atoms with Gasteiger partial charge in [0, 0.05) is 38.0 Å². The lowest BCUT2D eigenvalue weighted by molar-refractivity contribution is -0.131. The second-order valence-corrected chi connectivity index (χ2v) is 11.8. The Kier molecular flexibility index (Phi) is 7.74. The number of nitrogens with one attached hydrogen (secondary N) is 1. The van der Waals surface area contributed by atoms with E-state index in [9.17, 15) is 18.0 Å². The molecule has 0 radical (unpaired) electrons. The number of aryl methyl sites for hydroxylation is 1. The normalized spacial score (nSPS) is 16.4. The first-order valence-electron chi connectivity index (χ1n) is 11.8. The maximum absolute atomic E-state index is 15.0. The molecule has 0 unspecified atom stereocenters. The standard InChI is InChI=1S/C25H29FN4O6S/c1-25(24(32)28-33,37(2,34)35)7-8-30-16-27-22-14-18(4-6-20(22)23(30)31)19-5-3-17(13-21(19)26)15-29-9-11-36-12-10-29/h3-6,13-14,16,33H,7-12,15H2,1-2H3,(H,28,32)/t25-/m0/s1. The lowest BCUT2D eigenvalue weighted by Gasteiger charge is -2.26. The van der Waals surface area contributed by atoms with Gasteiger partial charge in [-0.2, -0.15) is 0 Å². The number of rotatable bonds is 8. The van der Waals surface area contributed by atoms with Gasteiger partial charge in [-0.15, -0.1) is 0 Å². The van der Waals surface area contributed by atoms with Gasteiger partial charge < -0.3 is 4.74 Å². The van der Waals surface area contributed by atoms with Crippen LogP contribution in [0.25, 0.3) is 22.0 Å². The summed E-state index contributed by atoms with van der Waals surface area (Å²) in [6.07, 6.45) is 1.89. The molecule has 0 saturated carbocycles. The second kappa shape index (κ2) is 10.7. The van der Waals surface area contributed by atoms with Gasteiger partial charge in [0.15, 0.2) is 14.6 Å². The average Bonchev–Trinajstić information content (AvgIpc) is 2.87. The fourth-order valence-corrected chi connectivity index (χ4v) is 5.16. The summed E-state index contributed by atoms with van der Waals surface area (Å²) in [4.78, 5) is 31.6. The minimum absolute atomic E-state index is 0.125. The molecule has 1 atom stereocenters. The fourth-order valence-electron chi connectivity index (χ4n) is 4.31. The number of benzene rings is 2. The van der Waals surface area contributed by atoms with Crippen molar-refractivity contribution in [2.24, 2.45) is 0 Å². The molecule has 0 bridgehead atoms. The molecule has 10 nitrogen and oxygen atoms in total. The molecule has 12 heteroatoms. The Morgan fingerprint density at radius 3 is 2.59 bits per heavy atom. The Labute approximate surface area is 213 Å². The van der Waals surface area contributed by atoms with Gasteiger partial charge in [0.05, 0.1) is 30.4 Å². The molecule has 198 valence electrons. The molecule has 0 aliphatic carbocycles. The number of hydrogen-bond donors (Lipinski definition) is 2. The molecule has 37 heavy (non-hydrogen) atoms. The number of ether oxygens (including phenoxy) is 1. The first-order chi connectivity index (χ1) is 17.5. The number of morpholine rings is 1. The van der Waals surface area contributed by atoms with E-state index in [4.69, 9.17) is 9.94 Å². The van der Waals surface area contributed by atoms with E-state index in [1.165, 1.54) is 29.4 Å². The Hall–Kier alpha value is -3.19. The third kappa shape index (κ3) is 5.57. The van der Waals surface area contributed by atoms with Gasteiger partial charge >= 0.3 is 0 Å². The van der Waals surface area contributed by atoms with Crippen LogP contribution in [0.1, 0.15) is 18.9 Å². The number of carbonyl (C=O) groups excluding carboxylic acids is 1. The van der Waals surface area contributed by atoms with Gasteiger partial charge in [-0.25, -0.2) is 23.3 Å². The van der Waals surface area contributed by atoms with Crippen molar-refractivity contribution in [1.29, 1.82) is 0 Å². The first-order valence-corrected chi connectivity index (χ1v) is 13.6. The first kappa shape index (κ1) is 26.9. The van der Waals surface area contributed by atoms with Gasteiger partial charge in [-0.3, -0.25) is 24.3 Å². The van der Waals surface area contributed by atoms with E-state index >= 15 is 4.39 Å². The number of carbonyl (C=O) groups is 1. The van der Waals surface area contributed by atoms with Crippen LogP contribution in [0.2, 0.25) is 0 Å². The molecule has 0 spiro atoms. The van der Waals surface area contributed by atoms with Crippen molar-refractivity contribution >= 4 is 26.6 Å². The molecule has 1 aliphatic rings. The average molecular weight is 533 g/mol. The number of hydrogen-bond acceptors (Lipinski definition) is 8. The van der Waals surface area contributed by atoms with Crippen LogP contribution in [0.5, 0.6) is 0 Å². The largest absolute Gasteiger partial charge is 0.379 e. The summed E-state index contributed by atoms with van der Waals surface area (Å²) in [6.45, 7) is 4.64. The zero-order valence-electron chi connectivity index (χ0n) is 20.6. The van der Waals surface area contributed by atoms with Gasteiger partial charge in [0.1, 0.15) is 5.82 Å². The maximum Gasteiger partial charge on any atom is 0.264 e. The number of halogens is 1. The third-order valence-electron chi connectivity index (χ3n) is 6.91. The molecular formula is C25H29FN4O6S. The monoisotopic (exact) mass is 532 g/mol. The van der Waals surface area contributed by atoms with Crippen LogP contribution >= 0.6 is 0 Å². The number of amides is 1. The van der Waals surface area contributed by atoms with Gasteiger partial charge in [0.25, 0.3) is 11.5 Å². The van der Waals surface area contributed by atoms with Crippen molar-refractivity contribution in [1.82, 2.24) is 19.9 Å². The van der Waals surface area contributed by atoms with E-state index in [1.54, 1.807) is 24.3 Å². The quantitative estimate of drug-likeness (QED) is 0.331. The Balaban J connectivity index is 1.57. The molecule has 4 rings (SSSR count). The predicted molar refractivity (Wildman–Crippen MR) is 135 cm³/mol. The molecule has 1 saturated heterocycles. The van der Waals surface area contributed by atoms with Crippen molar-refractivity contribution in [2.45, 2.75) is 31.2 Å². The lowest BCUT2D eigenvalue weighted by atomic mass is 10.0. The van der Waals surface area contributed by atoms with Crippen LogP contribution in [0, 0.1) is 5.82 Å².